The number of rotatable bonds is 8. The van der Waals surface area contributed by atoms with E-state index in [-0.39, 0.29) is 23.8 Å². The number of primary amides is 1. The van der Waals surface area contributed by atoms with Gasteiger partial charge in [-0.15, -0.1) is 0 Å². The number of hydrogen-bond acceptors (Lipinski definition) is 5. The lowest BCUT2D eigenvalue weighted by atomic mass is 10.1. The molecule has 0 saturated carbocycles. The highest BCUT2D eigenvalue weighted by Crippen LogP contribution is 2.25. The SMILES string of the molecule is NC(=O)c1oc([C]=O)cc1CNc1ccc(-c2ccc(OC(F)F)cc2)cc1. The van der Waals surface area contributed by atoms with Crippen LogP contribution in [0, 0.1) is 0 Å². The van der Waals surface area contributed by atoms with E-state index in [0.717, 1.165) is 16.8 Å². The second-order valence-corrected chi connectivity index (χ2v) is 5.77. The van der Waals surface area contributed by atoms with Crippen molar-refractivity contribution in [3.8, 4) is 16.9 Å². The summed E-state index contributed by atoms with van der Waals surface area (Å²) in [4.78, 5) is 22.0. The van der Waals surface area contributed by atoms with Crippen molar-refractivity contribution < 1.29 is 27.5 Å². The largest absolute Gasteiger partial charge is 0.447 e. The molecule has 3 N–H and O–H groups in total. The smallest absolute Gasteiger partial charge is 0.387 e. The van der Waals surface area contributed by atoms with Gasteiger partial charge in [-0.05, 0) is 41.5 Å². The predicted molar refractivity (Wildman–Crippen MR) is 97.9 cm³/mol. The van der Waals surface area contributed by atoms with Crippen molar-refractivity contribution in [3.63, 3.8) is 0 Å². The summed E-state index contributed by atoms with van der Waals surface area (Å²) in [6.07, 6.45) is 1.58. The van der Waals surface area contributed by atoms with E-state index in [9.17, 15) is 18.4 Å². The summed E-state index contributed by atoms with van der Waals surface area (Å²) in [6.45, 7) is -2.63. The van der Waals surface area contributed by atoms with Crippen LogP contribution < -0.4 is 15.8 Å². The van der Waals surface area contributed by atoms with Crippen molar-refractivity contribution in [2.45, 2.75) is 13.2 Å². The molecule has 3 aromatic rings. The zero-order chi connectivity index (χ0) is 20.1. The summed E-state index contributed by atoms with van der Waals surface area (Å²) in [7, 11) is 0. The summed E-state index contributed by atoms with van der Waals surface area (Å²) in [5.74, 6) is -0.865. The molecule has 2 aromatic carbocycles. The molecule has 3 rings (SSSR count). The number of anilines is 1. The summed E-state index contributed by atoms with van der Waals surface area (Å²) in [5.41, 5.74) is 8.16. The summed E-state index contributed by atoms with van der Waals surface area (Å²) in [5, 5.41) is 3.10. The molecule has 0 aliphatic carbocycles. The summed E-state index contributed by atoms with van der Waals surface area (Å²) < 4.78 is 33.7. The van der Waals surface area contributed by atoms with Crippen LogP contribution in [0.15, 0.2) is 59.0 Å². The number of halogens is 2. The van der Waals surface area contributed by atoms with Crippen LogP contribution in [0.25, 0.3) is 11.1 Å². The van der Waals surface area contributed by atoms with Crippen LogP contribution in [0.3, 0.4) is 0 Å². The predicted octanol–water partition coefficient (Wildman–Crippen LogP) is 3.72. The number of nitrogens with one attached hydrogen (secondary N) is 1. The van der Waals surface area contributed by atoms with Gasteiger partial charge in [0, 0.05) is 17.8 Å². The standard InChI is InChI=1S/C20H15F2N2O4/c21-20(22)28-16-7-3-13(4-8-16)12-1-5-15(6-2-12)24-10-14-9-17(11-25)27-18(14)19(23)26/h1-9,20,24H,10H2,(H2,23,26). The highest BCUT2D eigenvalue weighted by molar-refractivity contribution is 5.92. The third-order valence-electron chi connectivity index (χ3n) is 3.91. The zero-order valence-electron chi connectivity index (χ0n) is 14.4. The second kappa shape index (κ2) is 8.34. The quantitative estimate of drug-likeness (QED) is 0.616. The topological polar surface area (TPSA) is 94.6 Å². The van der Waals surface area contributed by atoms with E-state index in [1.165, 1.54) is 18.2 Å². The number of ether oxygens (including phenoxy) is 1. The molecule has 0 saturated heterocycles. The molecule has 1 amide bonds. The van der Waals surface area contributed by atoms with E-state index >= 15 is 0 Å². The van der Waals surface area contributed by atoms with Crippen molar-refractivity contribution in [1.82, 2.24) is 0 Å². The van der Waals surface area contributed by atoms with E-state index < -0.39 is 12.5 Å². The number of benzene rings is 2. The molecule has 0 fully saturated rings. The molecule has 28 heavy (non-hydrogen) atoms. The molecule has 8 heteroatoms. The molecule has 1 heterocycles. The fraction of sp³-hybridized carbons (Fsp3) is 0.100. The normalized spacial score (nSPS) is 10.7. The van der Waals surface area contributed by atoms with Crippen molar-refractivity contribution in [1.29, 1.82) is 0 Å². The molecule has 1 radical (unpaired) electrons. The number of nitrogens with two attached hydrogens (primary N) is 1. The van der Waals surface area contributed by atoms with Crippen LogP contribution >= 0.6 is 0 Å². The van der Waals surface area contributed by atoms with Gasteiger partial charge in [-0.2, -0.15) is 8.78 Å². The van der Waals surface area contributed by atoms with Gasteiger partial charge in [-0.1, -0.05) is 24.3 Å². The van der Waals surface area contributed by atoms with Crippen molar-refractivity contribution in [3.05, 3.63) is 71.7 Å². The average molecular weight is 385 g/mol. The molecular weight excluding hydrogens is 370 g/mol. The van der Waals surface area contributed by atoms with Gasteiger partial charge in [0.2, 0.25) is 0 Å². The molecule has 0 spiro atoms. The Morgan fingerprint density at radius 1 is 1.11 bits per heavy atom. The number of carbonyl (C=O) groups is 1. The minimum absolute atomic E-state index is 0.0893. The van der Waals surface area contributed by atoms with Crippen molar-refractivity contribution in [2.75, 3.05) is 5.32 Å². The Kier molecular flexibility index (Phi) is 5.69. The Morgan fingerprint density at radius 2 is 1.71 bits per heavy atom. The lowest BCUT2D eigenvalue weighted by Crippen LogP contribution is -2.13. The van der Waals surface area contributed by atoms with Crippen LogP contribution in [0.4, 0.5) is 14.5 Å². The van der Waals surface area contributed by atoms with Crippen molar-refractivity contribution >= 4 is 17.9 Å². The first-order valence-corrected chi connectivity index (χ1v) is 8.16. The molecule has 0 aliphatic rings. The fourth-order valence-corrected chi connectivity index (χ4v) is 2.63. The van der Waals surface area contributed by atoms with E-state index in [1.54, 1.807) is 18.4 Å². The van der Waals surface area contributed by atoms with Crippen LogP contribution in [0.1, 0.15) is 21.9 Å². The zero-order valence-corrected chi connectivity index (χ0v) is 14.4. The Morgan fingerprint density at radius 3 is 2.25 bits per heavy atom. The van der Waals surface area contributed by atoms with E-state index in [1.807, 2.05) is 24.3 Å². The first kappa shape index (κ1) is 19.1. The Labute approximate surface area is 158 Å². The van der Waals surface area contributed by atoms with Gasteiger partial charge in [0.15, 0.2) is 11.5 Å². The van der Waals surface area contributed by atoms with Crippen LogP contribution in [-0.2, 0) is 11.3 Å². The fourth-order valence-electron chi connectivity index (χ4n) is 2.63. The number of hydrogen-bond donors (Lipinski definition) is 2. The number of furan rings is 1. The molecule has 143 valence electrons. The second-order valence-electron chi connectivity index (χ2n) is 5.77. The van der Waals surface area contributed by atoms with Gasteiger partial charge in [0.05, 0.1) is 0 Å². The van der Waals surface area contributed by atoms with E-state index in [0.29, 0.717) is 5.56 Å². The summed E-state index contributed by atoms with van der Waals surface area (Å²) in [6, 6.07) is 15.0. The Balaban J connectivity index is 1.67. The third kappa shape index (κ3) is 4.53. The molecule has 0 atom stereocenters. The van der Waals surface area contributed by atoms with Crippen LogP contribution in [0.2, 0.25) is 0 Å². The number of alkyl halides is 2. The first-order chi connectivity index (χ1) is 13.5. The Bertz CT molecular complexity index is 967. The lowest BCUT2D eigenvalue weighted by molar-refractivity contribution is -0.0498. The molecular formula is C20H15F2N2O4. The monoisotopic (exact) mass is 385 g/mol. The summed E-state index contributed by atoms with van der Waals surface area (Å²) >= 11 is 0. The molecule has 0 unspecified atom stereocenters. The minimum atomic E-state index is -2.86. The third-order valence-corrected chi connectivity index (χ3v) is 3.91. The minimum Gasteiger partial charge on any atom is -0.447 e. The van der Waals surface area contributed by atoms with Crippen molar-refractivity contribution in [2.24, 2.45) is 5.73 Å². The highest BCUT2D eigenvalue weighted by atomic mass is 19.3. The number of amides is 1. The van der Waals surface area contributed by atoms with Gasteiger partial charge in [-0.3, -0.25) is 9.59 Å². The van der Waals surface area contributed by atoms with Crippen LogP contribution in [-0.4, -0.2) is 18.8 Å². The Hall–Kier alpha value is -3.68. The van der Waals surface area contributed by atoms with E-state index in [4.69, 9.17) is 10.2 Å². The molecule has 0 aliphatic heterocycles. The molecule has 1 aromatic heterocycles. The average Bonchev–Trinajstić information content (AvgIpc) is 3.11. The van der Waals surface area contributed by atoms with Gasteiger partial charge in [-0.25, -0.2) is 0 Å². The van der Waals surface area contributed by atoms with Gasteiger partial charge < -0.3 is 20.2 Å². The highest BCUT2D eigenvalue weighted by Gasteiger charge is 2.15. The van der Waals surface area contributed by atoms with Gasteiger partial charge in [0.1, 0.15) is 5.75 Å². The maximum atomic E-state index is 12.2. The first-order valence-electron chi connectivity index (χ1n) is 8.16. The van der Waals surface area contributed by atoms with Crippen LogP contribution in [0.5, 0.6) is 5.75 Å². The maximum Gasteiger partial charge on any atom is 0.387 e. The molecule has 0 bridgehead atoms. The molecule has 6 nitrogen and oxygen atoms in total. The lowest BCUT2D eigenvalue weighted by Gasteiger charge is -2.08. The number of carbonyl (C=O) groups excluding carboxylic acids is 2. The maximum absolute atomic E-state index is 12.2. The van der Waals surface area contributed by atoms with Gasteiger partial charge in [0.25, 0.3) is 12.2 Å². The van der Waals surface area contributed by atoms with E-state index in [2.05, 4.69) is 10.1 Å². The van der Waals surface area contributed by atoms with Gasteiger partial charge >= 0.3 is 6.61 Å².